The maximum Gasteiger partial charge on any atom is 0.377 e. The molecule has 0 atom stereocenters. The highest BCUT2D eigenvalue weighted by Crippen LogP contribution is 2.23. The number of benzene rings is 2. The third kappa shape index (κ3) is 5.80. The zero-order valence-electron chi connectivity index (χ0n) is 14.1. The average molecular weight is 416 g/mol. The number of carbonyl (C=O) groups is 1. The number of ether oxygens (including phenoxy) is 1. The molecule has 0 aliphatic rings. The van der Waals surface area contributed by atoms with E-state index < -0.39 is 11.6 Å². The first kappa shape index (κ1) is 20.4. The van der Waals surface area contributed by atoms with Crippen LogP contribution in [0.25, 0.3) is 0 Å². The molecule has 0 unspecified atom stereocenters. The predicted octanol–water partition coefficient (Wildman–Crippen LogP) is 4.86. The quantitative estimate of drug-likeness (QED) is 0.316. The molecule has 0 spiro atoms. The number of amidine groups is 1. The summed E-state index contributed by atoms with van der Waals surface area (Å²) in [6.45, 7) is 3.12. The molecule has 2 rings (SSSR count). The highest BCUT2D eigenvalue weighted by Gasteiger charge is 2.32. The number of hydrogen-bond donors (Lipinski definition) is 1. The van der Waals surface area contributed by atoms with Crippen molar-refractivity contribution in [2.75, 3.05) is 0 Å². The third-order valence-corrected chi connectivity index (χ3v) is 4.15. The molecule has 0 aromatic heterocycles. The SMILES string of the molecule is CC(C)(Oc1ccc(Cl)cc1)C(=O)O/N=C(\N)Cc1ccc(Cl)cc1Cl. The van der Waals surface area contributed by atoms with Crippen LogP contribution in [0.5, 0.6) is 5.75 Å². The first-order valence-corrected chi connectivity index (χ1v) is 8.73. The van der Waals surface area contributed by atoms with Gasteiger partial charge in [-0.3, -0.25) is 0 Å². The van der Waals surface area contributed by atoms with Gasteiger partial charge in [0, 0.05) is 21.5 Å². The van der Waals surface area contributed by atoms with E-state index >= 15 is 0 Å². The van der Waals surface area contributed by atoms with Crippen molar-refractivity contribution >= 4 is 46.6 Å². The van der Waals surface area contributed by atoms with Gasteiger partial charge < -0.3 is 15.3 Å². The number of oxime groups is 1. The maximum absolute atomic E-state index is 12.2. The lowest BCUT2D eigenvalue weighted by molar-refractivity contribution is -0.159. The van der Waals surface area contributed by atoms with Crippen LogP contribution in [0.2, 0.25) is 15.1 Å². The first-order valence-electron chi connectivity index (χ1n) is 7.59. The largest absolute Gasteiger partial charge is 0.476 e. The lowest BCUT2D eigenvalue weighted by Crippen LogP contribution is -2.39. The maximum atomic E-state index is 12.2. The molecule has 0 radical (unpaired) electrons. The molecule has 2 N–H and O–H groups in total. The lowest BCUT2D eigenvalue weighted by atomic mass is 10.1. The number of nitrogens with zero attached hydrogens (tertiary/aromatic N) is 1. The van der Waals surface area contributed by atoms with Crippen molar-refractivity contribution in [2.45, 2.75) is 25.9 Å². The fraction of sp³-hybridized carbons (Fsp3) is 0.222. The van der Waals surface area contributed by atoms with E-state index in [1.54, 1.807) is 56.3 Å². The van der Waals surface area contributed by atoms with E-state index in [2.05, 4.69) is 5.16 Å². The van der Waals surface area contributed by atoms with Crippen molar-refractivity contribution in [3.8, 4) is 5.75 Å². The second kappa shape index (κ2) is 8.62. The van der Waals surface area contributed by atoms with Gasteiger partial charge in [-0.1, -0.05) is 46.0 Å². The summed E-state index contributed by atoms with van der Waals surface area (Å²) >= 11 is 17.7. The van der Waals surface area contributed by atoms with Crippen molar-refractivity contribution in [2.24, 2.45) is 10.9 Å². The van der Waals surface area contributed by atoms with Gasteiger partial charge in [0.05, 0.1) is 0 Å². The Morgan fingerprint density at radius 1 is 1.08 bits per heavy atom. The standard InChI is InChI=1S/C18H17Cl3N2O3/c1-18(2,25-14-7-5-12(19)6-8-14)17(24)26-23-16(22)9-11-3-4-13(20)10-15(11)21/h3-8,10H,9H2,1-2H3,(H2,22,23). The molecule has 26 heavy (non-hydrogen) atoms. The van der Waals surface area contributed by atoms with Crippen LogP contribution in [0.15, 0.2) is 47.6 Å². The second-order valence-electron chi connectivity index (χ2n) is 5.94. The van der Waals surface area contributed by atoms with E-state index in [0.717, 1.165) is 0 Å². The van der Waals surface area contributed by atoms with Crippen molar-refractivity contribution < 1.29 is 14.4 Å². The molecule has 2 aromatic carbocycles. The fourth-order valence-electron chi connectivity index (χ4n) is 1.94. The van der Waals surface area contributed by atoms with Crippen LogP contribution in [-0.2, 0) is 16.1 Å². The van der Waals surface area contributed by atoms with E-state index in [4.69, 9.17) is 50.1 Å². The van der Waals surface area contributed by atoms with Crippen LogP contribution in [0, 0.1) is 0 Å². The third-order valence-electron chi connectivity index (χ3n) is 3.31. The summed E-state index contributed by atoms with van der Waals surface area (Å²) in [5.41, 5.74) is 5.24. The Morgan fingerprint density at radius 3 is 2.31 bits per heavy atom. The van der Waals surface area contributed by atoms with Crippen LogP contribution in [0.1, 0.15) is 19.4 Å². The zero-order chi connectivity index (χ0) is 19.3. The summed E-state index contributed by atoms with van der Waals surface area (Å²) in [7, 11) is 0. The van der Waals surface area contributed by atoms with Gasteiger partial charge >= 0.3 is 5.97 Å². The van der Waals surface area contributed by atoms with Gasteiger partial charge in [-0.2, -0.15) is 0 Å². The topological polar surface area (TPSA) is 73.9 Å². The van der Waals surface area contributed by atoms with E-state index in [9.17, 15) is 4.79 Å². The van der Waals surface area contributed by atoms with Gasteiger partial charge in [-0.15, -0.1) is 0 Å². The Morgan fingerprint density at radius 2 is 1.69 bits per heavy atom. The summed E-state index contributed by atoms with van der Waals surface area (Å²) in [5.74, 6) is -0.135. The molecule has 0 aliphatic carbocycles. The Hall–Kier alpha value is -1.95. The van der Waals surface area contributed by atoms with Crippen LogP contribution in [0.4, 0.5) is 0 Å². The minimum atomic E-state index is -1.27. The van der Waals surface area contributed by atoms with E-state index in [1.165, 1.54) is 0 Å². The lowest BCUT2D eigenvalue weighted by Gasteiger charge is -2.22. The summed E-state index contributed by atoms with van der Waals surface area (Å²) in [6.07, 6.45) is 0.210. The number of nitrogens with two attached hydrogens (primary N) is 1. The smallest absolute Gasteiger partial charge is 0.377 e. The van der Waals surface area contributed by atoms with Gasteiger partial charge in [0.15, 0.2) is 0 Å². The molecular formula is C18H17Cl3N2O3. The minimum absolute atomic E-state index is 0.0878. The van der Waals surface area contributed by atoms with Gasteiger partial charge in [0.1, 0.15) is 11.6 Å². The van der Waals surface area contributed by atoms with Crippen LogP contribution < -0.4 is 10.5 Å². The van der Waals surface area contributed by atoms with Gasteiger partial charge in [0.25, 0.3) is 0 Å². The molecule has 138 valence electrons. The van der Waals surface area contributed by atoms with E-state index in [0.29, 0.717) is 26.4 Å². The number of hydrogen-bond acceptors (Lipinski definition) is 4. The van der Waals surface area contributed by atoms with Crippen LogP contribution >= 0.6 is 34.8 Å². The average Bonchev–Trinajstić information content (AvgIpc) is 2.57. The highest BCUT2D eigenvalue weighted by atomic mass is 35.5. The molecule has 0 saturated heterocycles. The van der Waals surface area contributed by atoms with Crippen LogP contribution in [-0.4, -0.2) is 17.4 Å². The molecule has 0 amide bonds. The van der Waals surface area contributed by atoms with Gasteiger partial charge in [-0.25, -0.2) is 4.79 Å². The monoisotopic (exact) mass is 414 g/mol. The molecule has 0 aliphatic heterocycles. The first-order chi connectivity index (χ1) is 12.2. The van der Waals surface area contributed by atoms with Crippen molar-refractivity contribution in [3.05, 3.63) is 63.1 Å². The fourth-order valence-corrected chi connectivity index (χ4v) is 2.54. The Kier molecular flexibility index (Phi) is 6.75. The molecule has 0 bridgehead atoms. The molecule has 8 heteroatoms. The Labute approximate surface area is 166 Å². The van der Waals surface area contributed by atoms with Crippen LogP contribution in [0.3, 0.4) is 0 Å². The Bertz CT molecular complexity index is 821. The zero-order valence-corrected chi connectivity index (χ0v) is 16.4. The van der Waals surface area contributed by atoms with Gasteiger partial charge in [-0.05, 0) is 55.8 Å². The van der Waals surface area contributed by atoms with E-state index in [-0.39, 0.29) is 12.3 Å². The summed E-state index contributed by atoms with van der Waals surface area (Å²) in [6, 6.07) is 11.6. The van der Waals surface area contributed by atoms with Crippen molar-refractivity contribution in [3.63, 3.8) is 0 Å². The predicted molar refractivity (Wildman–Crippen MR) is 104 cm³/mol. The highest BCUT2D eigenvalue weighted by molar-refractivity contribution is 6.35. The molecule has 2 aromatic rings. The number of carbonyl (C=O) groups excluding carboxylic acids is 1. The molecular weight excluding hydrogens is 399 g/mol. The minimum Gasteiger partial charge on any atom is -0.476 e. The number of rotatable bonds is 6. The molecule has 0 heterocycles. The number of halogens is 3. The molecule has 0 fully saturated rings. The summed E-state index contributed by atoms with van der Waals surface area (Å²) < 4.78 is 5.62. The molecule has 0 saturated carbocycles. The second-order valence-corrected chi connectivity index (χ2v) is 7.22. The molecule has 5 nitrogen and oxygen atoms in total. The summed E-state index contributed by atoms with van der Waals surface area (Å²) in [4.78, 5) is 17.1. The van der Waals surface area contributed by atoms with E-state index in [1.807, 2.05) is 0 Å². The van der Waals surface area contributed by atoms with Crippen molar-refractivity contribution in [1.82, 2.24) is 0 Å². The van der Waals surface area contributed by atoms with Crippen molar-refractivity contribution in [1.29, 1.82) is 0 Å². The summed E-state index contributed by atoms with van der Waals surface area (Å²) in [5, 5.41) is 5.19. The van der Waals surface area contributed by atoms with Gasteiger partial charge in [0.2, 0.25) is 5.60 Å². The normalized spacial score (nSPS) is 12.0. The Balaban J connectivity index is 1.98.